The second kappa shape index (κ2) is 9.59. The standard InChI is InChI=1S/C23H21ClFN3O2/c1-3-23(30)28(2)17-7-8-18(19(24)12-17)20-9-6-16(14-26-20)21(29)10-4-15-5-11-22(25)27-13-15/h5-9,11-14H,3-4,10H2,1-2H3. The van der Waals surface area contributed by atoms with Gasteiger partial charge in [-0.1, -0.05) is 24.6 Å². The molecule has 1 aromatic carbocycles. The van der Waals surface area contributed by atoms with Gasteiger partial charge in [0.2, 0.25) is 11.9 Å². The zero-order chi connectivity index (χ0) is 21.7. The van der Waals surface area contributed by atoms with Crippen LogP contribution in [0.25, 0.3) is 11.3 Å². The molecule has 0 aliphatic rings. The summed E-state index contributed by atoms with van der Waals surface area (Å²) in [6, 6.07) is 11.7. The first-order valence-corrected chi connectivity index (χ1v) is 9.93. The highest BCUT2D eigenvalue weighted by Crippen LogP contribution is 2.30. The molecule has 0 spiro atoms. The van der Waals surface area contributed by atoms with Crippen LogP contribution < -0.4 is 4.90 Å². The molecule has 0 saturated carbocycles. The normalized spacial score (nSPS) is 10.7. The summed E-state index contributed by atoms with van der Waals surface area (Å²) in [5.74, 6) is -0.601. The van der Waals surface area contributed by atoms with Crippen molar-refractivity contribution in [3.8, 4) is 11.3 Å². The second-order valence-corrected chi connectivity index (χ2v) is 7.22. The van der Waals surface area contributed by atoms with Crippen LogP contribution in [0, 0.1) is 5.95 Å². The van der Waals surface area contributed by atoms with Gasteiger partial charge in [-0.15, -0.1) is 0 Å². The van der Waals surface area contributed by atoms with E-state index in [9.17, 15) is 14.0 Å². The Kier molecular flexibility index (Phi) is 6.90. The number of anilines is 1. The third-order valence-corrected chi connectivity index (χ3v) is 5.12. The summed E-state index contributed by atoms with van der Waals surface area (Å²) >= 11 is 6.41. The third kappa shape index (κ3) is 5.07. The van der Waals surface area contributed by atoms with Crippen LogP contribution in [-0.2, 0) is 11.2 Å². The summed E-state index contributed by atoms with van der Waals surface area (Å²) in [6.07, 6.45) is 4.12. The zero-order valence-corrected chi connectivity index (χ0v) is 17.5. The largest absolute Gasteiger partial charge is 0.315 e. The van der Waals surface area contributed by atoms with Crippen LogP contribution in [0.2, 0.25) is 5.02 Å². The summed E-state index contributed by atoms with van der Waals surface area (Å²) in [6.45, 7) is 1.80. The molecule has 2 aromatic heterocycles. The van der Waals surface area contributed by atoms with Gasteiger partial charge < -0.3 is 4.90 Å². The summed E-state index contributed by atoms with van der Waals surface area (Å²) in [5.41, 5.74) is 3.35. The summed E-state index contributed by atoms with van der Waals surface area (Å²) < 4.78 is 12.9. The maximum absolute atomic E-state index is 12.9. The van der Waals surface area contributed by atoms with E-state index in [-0.39, 0.29) is 18.1 Å². The van der Waals surface area contributed by atoms with Crippen molar-refractivity contribution in [3.05, 3.63) is 77.0 Å². The lowest BCUT2D eigenvalue weighted by Crippen LogP contribution is -2.24. The molecule has 3 aromatic rings. The summed E-state index contributed by atoms with van der Waals surface area (Å²) in [4.78, 5) is 33.8. The van der Waals surface area contributed by atoms with Crippen molar-refractivity contribution in [1.29, 1.82) is 0 Å². The molecule has 0 fully saturated rings. The van der Waals surface area contributed by atoms with Gasteiger partial charge in [0.15, 0.2) is 5.78 Å². The number of hydrogen-bond acceptors (Lipinski definition) is 4. The number of amides is 1. The van der Waals surface area contributed by atoms with Crippen LogP contribution in [0.4, 0.5) is 10.1 Å². The number of halogens is 2. The highest BCUT2D eigenvalue weighted by atomic mass is 35.5. The Morgan fingerprint density at radius 1 is 1.07 bits per heavy atom. The number of benzene rings is 1. The maximum atomic E-state index is 12.9. The van der Waals surface area contributed by atoms with Crippen LogP contribution in [-0.4, -0.2) is 28.7 Å². The molecule has 0 aliphatic carbocycles. The van der Waals surface area contributed by atoms with Gasteiger partial charge in [-0.2, -0.15) is 4.39 Å². The van der Waals surface area contributed by atoms with Crippen molar-refractivity contribution in [2.24, 2.45) is 0 Å². The molecule has 0 unspecified atom stereocenters. The number of aromatic nitrogens is 2. The van der Waals surface area contributed by atoms with Crippen molar-refractivity contribution in [3.63, 3.8) is 0 Å². The predicted molar refractivity (Wildman–Crippen MR) is 115 cm³/mol. The molecule has 0 bridgehead atoms. The van der Waals surface area contributed by atoms with E-state index in [0.29, 0.717) is 40.4 Å². The Bertz CT molecular complexity index is 1050. The fraction of sp³-hybridized carbons (Fsp3) is 0.217. The van der Waals surface area contributed by atoms with Crippen molar-refractivity contribution < 1.29 is 14.0 Å². The lowest BCUT2D eigenvalue weighted by Gasteiger charge is -2.17. The molecule has 7 heteroatoms. The van der Waals surface area contributed by atoms with E-state index in [1.165, 1.54) is 18.5 Å². The maximum Gasteiger partial charge on any atom is 0.226 e. The third-order valence-electron chi connectivity index (χ3n) is 4.81. The smallest absolute Gasteiger partial charge is 0.226 e. The predicted octanol–water partition coefficient (Wildman–Crippen LogP) is 5.12. The molecule has 2 heterocycles. The molecule has 0 atom stereocenters. The summed E-state index contributed by atoms with van der Waals surface area (Å²) in [7, 11) is 1.71. The second-order valence-electron chi connectivity index (χ2n) is 6.81. The van der Waals surface area contributed by atoms with Crippen molar-refractivity contribution in [1.82, 2.24) is 9.97 Å². The average Bonchev–Trinajstić information content (AvgIpc) is 2.77. The molecule has 3 rings (SSSR count). The number of carbonyl (C=O) groups is 2. The first-order valence-electron chi connectivity index (χ1n) is 9.55. The number of hydrogen-bond donors (Lipinski definition) is 0. The molecular formula is C23H21ClFN3O2. The van der Waals surface area contributed by atoms with Gasteiger partial charge in [-0.05, 0) is 48.4 Å². The minimum Gasteiger partial charge on any atom is -0.315 e. The van der Waals surface area contributed by atoms with E-state index < -0.39 is 5.95 Å². The van der Waals surface area contributed by atoms with Crippen LogP contribution in [0.15, 0.2) is 54.9 Å². The highest BCUT2D eigenvalue weighted by Gasteiger charge is 2.13. The van der Waals surface area contributed by atoms with Crippen LogP contribution in [0.5, 0.6) is 0 Å². The Hall–Kier alpha value is -3.12. The van der Waals surface area contributed by atoms with E-state index in [0.717, 1.165) is 5.56 Å². The molecule has 0 aliphatic heterocycles. The fourth-order valence-electron chi connectivity index (χ4n) is 2.98. The highest BCUT2D eigenvalue weighted by molar-refractivity contribution is 6.33. The molecule has 1 amide bonds. The Labute approximate surface area is 179 Å². The molecule has 0 saturated heterocycles. The van der Waals surface area contributed by atoms with Crippen molar-refractivity contribution >= 4 is 29.0 Å². The van der Waals surface area contributed by atoms with Crippen molar-refractivity contribution in [2.75, 3.05) is 11.9 Å². The van der Waals surface area contributed by atoms with Crippen LogP contribution in [0.3, 0.4) is 0 Å². The Morgan fingerprint density at radius 2 is 1.87 bits per heavy atom. The number of Topliss-reactive ketones (excluding diaryl/α,β-unsaturated/α-hetero) is 1. The van der Waals surface area contributed by atoms with Gasteiger partial charge in [-0.3, -0.25) is 14.6 Å². The fourth-order valence-corrected chi connectivity index (χ4v) is 3.25. The van der Waals surface area contributed by atoms with Gasteiger partial charge in [0, 0.05) is 49.1 Å². The van der Waals surface area contributed by atoms with Gasteiger partial charge >= 0.3 is 0 Å². The minimum atomic E-state index is -0.542. The number of aryl methyl sites for hydroxylation is 1. The first kappa shape index (κ1) is 21.6. The molecule has 154 valence electrons. The SMILES string of the molecule is CCC(=O)N(C)c1ccc(-c2ccc(C(=O)CCc3ccc(F)nc3)cn2)c(Cl)c1. The topological polar surface area (TPSA) is 63.2 Å². The van der Waals surface area contributed by atoms with Gasteiger partial charge in [0.05, 0.1) is 10.7 Å². The van der Waals surface area contributed by atoms with E-state index in [2.05, 4.69) is 9.97 Å². The minimum absolute atomic E-state index is 0.00349. The van der Waals surface area contributed by atoms with E-state index >= 15 is 0 Å². The number of ketones is 1. The zero-order valence-electron chi connectivity index (χ0n) is 16.7. The lowest BCUT2D eigenvalue weighted by atomic mass is 10.0. The van der Waals surface area contributed by atoms with Crippen molar-refractivity contribution in [2.45, 2.75) is 26.2 Å². The average molecular weight is 426 g/mol. The molecule has 0 N–H and O–H groups in total. The van der Waals surface area contributed by atoms with Gasteiger partial charge in [0.1, 0.15) is 0 Å². The number of carbonyl (C=O) groups excluding carboxylic acids is 2. The Morgan fingerprint density at radius 3 is 2.47 bits per heavy atom. The van der Waals surface area contributed by atoms with E-state index in [4.69, 9.17) is 11.6 Å². The van der Waals surface area contributed by atoms with Gasteiger partial charge in [-0.25, -0.2) is 4.98 Å². The first-order chi connectivity index (χ1) is 14.4. The Balaban J connectivity index is 1.69. The van der Waals surface area contributed by atoms with E-state index in [1.54, 1.807) is 43.1 Å². The molecule has 0 radical (unpaired) electrons. The molecule has 30 heavy (non-hydrogen) atoms. The van der Waals surface area contributed by atoms with Gasteiger partial charge in [0.25, 0.3) is 0 Å². The number of nitrogens with zero attached hydrogens (tertiary/aromatic N) is 3. The number of rotatable bonds is 7. The van der Waals surface area contributed by atoms with Crippen LogP contribution >= 0.6 is 11.6 Å². The number of pyridine rings is 2. The molecular weight excluding hydrogens is 405 g/mol. The summed E-state index contributed by atoms with van der Waals surface area (Å²) in [5, 5.41) is 0.471. The monoisotopic (exact) mass is 425 g/mol. The van der Waals surface area contributed by atoms with Crippen LogP contribution in [0.1, 0.15) is 35.7 Å². The quantitative estimate of drug-likeness (QED) is 0.389. The van der Waals surface area contributed by atoms with E-state index in [1.807, 2.05) is 12.1 Å². The molecule has 5 nitrogen and oxygen atoms in total. The lowest BCUT2D eigenvalue weighted by molar-refractivity contribution is -0.118.